The summed E-state index contributed by atoms with van der Waals surface area (Å²) in [6, 6.07) is 22.7. The van der Waals surface area contributed by atoms with Crippen molar-refractivity contribution in [2.75, 3.05) is 10.6 Å². The van der Waals surface area contributed by atoms with E-state index in [4.69, 9.17) is 16.3 Å². The average Bonchev–Trinajstić information content (AvgIpc) is 2.70. The molecular formula is C22H19ClN2O3. The first kappa shape index (κ1) is 19.5. The van der Waals surface area contributed by atoms with E-state index in [0.717, 1.165) is 0 Å². The van der Waals surface area contributed by atoms with E-state index < -0.39 is 6.10 Å². The molecule has 1 unspecified atom stereocenters. The number of anilines is 2. The van der Waals surface area contributed by atoms with Gasteiger partial charge in [-0.05, 0) is 49.4 Å². The topological polar surface area (TPSA) is 67.4 Å². The second-order valence-electron chi connectivity index (χ2n) is 6.08. The molecule has 0 aromatic heterocycles. The molecule has 0 spiro atoms. The highest BCUT2D eigenvalue weighted by Gasteiger charge is 2.16. The maximum atomic E-state index is 12.5. The number of hydrogen-bond acceptors (Lipinski definition) is 3. The zero-order valence-electron chi connectivity index (χ0n) is 15.2. The van der Waals surface area contributed by atoms with Gasteiger partial charge in [0, 0.05) is 11.3 Å². The second kappa shape index (κ2) is 9.06. The Bertz CT molecular complexity index is 976. The molecule has 0 bridgehead atoms. The highest BCUT2D eigenvalue weighted by molar-refractivity contribution is 6.33. The van der Waals surface area contributed by atoms with Crippen LogP contribution in [0.3, 0.4) is 0 Å². The Morgan fingerprint density at radius 1 is 0.893 bits per heavy atom. The van der Waals surface area contributed by atoms with E-state index in [-0.39, 0.29) is 11.8 Å². The van der Waals surface area contributed by atoms with E-state index in [0.29, 0.717) is 27.7 Å². The molecule has 0 radical (unpaired) electrons. The molecule has 142 valence electrons. The molecule has 0 saturated carbocycles. The smallest absolute Gasteiger partial charge is 0.265 e. The largest absolute Gasteiger partial charge is 0.481 e. The Hall–Kier alpha value is -3.31. The van der Waals surface area contributed by atoms with Crippen molar-refractivity contribution in [3.8, 4) is 5.75 Å². The quantitative estimate of drug-likeness (QED) is 0.618. The Morgan fingerprint density at radius 3 is 2.36 bits per heavy atom. The standard InChI is InChI=1S/C22H19ClN2O3/c1-15(28-18-10-3-2-4-11-18)21(26)24-17-9-7-8-16(14-17)22(27)25-20-13-6-5-12-19(20)23/h2-15H,1H3,(H,24,26)(H,25,27). The van der Waals surface area contributed by atoms with E-state index in [1.807, 2.05) is 18.2 Å². The second-order valence-corrected chi connectivity index (χ2v) is 6.48. The molecular weight excluding hydrogens is 376 g/mol. The number of rotatable bonds is 6. The molecule has 3 aromatic carbocycles. The van der Waals surface area contributed by atoms with Crippen LogP contribution in [0.5, 0.6) is 5.75 Å². The van der Waals surface area contributed by atoms with Crippen molar-refractivity contribution in [3.05, 3.63) is 89.4 Å². The summed E-state index contributed by atoms with van der Waals surface area (Å²) in [5.74, 6) is -0.0247. The number of hydrogen-bond donors (Lipinski definition) is 2. The van der Waals surface area contributed by atoms with Crippen LogP contribution in [0.4, 0.5) is 11.4 Å². The summed E-state index contributed by atoms with van der Waals surface area (Å²) in [4.78, 5) is 24.9. The van der Waals surface area contributed by atoms with Gasteiger partial charge in [0.15, 0.2) is 6.10 Å². The molecule has 0 saturated heterocycles. The molecule has 0 aliphatic rings. The van der Waals surface area contributed by atoms with Crippen LogP contribution in [0.1, 0.15) is 17.3 Å². The molecule has 3 rings (SSSR count). The number of nitrogens with one attached hydrogen (secondary N) is 2. The van der Waals surface area contributed by atoms with Gasteiger partial charge < -0.3 is 15.4 Å². The first-order valence-electron chi connectivity index (χ1n) is 8.71. The van der Waals surface area contributed by atoms with Crippen LogP contribution in [0, 0.1) is 0 Å². The van der Waals surface area contributed by atoms with Crippen LogP contribution in [0.15, 0.2) is 78.9 Å². The molecule has 2 N–H and O–H groups in total. The zero-order chi connectivity index (χ0) is 19.9. The van der Waals surface area contributed by atoms with E-state index in [9.17, 15) is 9.59 Å². The Morgan fingerprint density at radius 2 is 1.61 bits per heavy atom. The Kier molecular flexibility index (Phi) is 6.29. The molecule has 28 heavy (non-hydrogen) atoms. The van der Waals surface area contributed by atoms with Crippen molar-refractivity contribution < 1.29 is 14.3 Å². The van der Waals surface area contributed by atoms with Crippen LogP contribution in [0.2, 0.25) is 5.02 Å². The molecule has 1 atom stereocenters. The highest BCUT2D eigenvalue weighted by atomic mass is 35.5. The summed E-state index contributed by atoms with van der Waals surface area (Å²) in [5.41, 5.74) is 1.42. The third-order valence-electron chi connectivity index (χ3n) is 3.94. The summed E-state index contributed by atoms with van der Waals surface area (Å²) >= 11 is 6.07. The minimum Gasteiger partial charge on any atom is -0.481 e. The van der Waals surface area contributed by atoms with Crippen molar-refractivity contribution in [1.29, 1.82) is 0 Å². The summed E-state index contributed by atoms with van der Waals surface area (Å²) in [6.45, 7) is 1.66. The summed E-state index contributed by atoms with van der Waals surface area (Å²) in [5, 5.41) is 5.97. The van der Waals surface area contributed by atoms with Gasteiger partial charge in [-0.1, -0.05) is 48.0 Å². The number of ether oxygens (including phenoxy) is 1. The van der Waals surface area contributed by atoms with Crippen molar-refractivity contribution in [2.45, 2.75) is 13.0 Å². The predicted octanol–water partition coefficient (Wildman–Crippen LogP) is 5.00. The van der Waals surface area contributed by atoms with Crippen LogP contribution in [0.25, 0.3) is 0 Å². The summed E-state index contributed by atoms with van der Waals surface area (Å²) in [6.07, 6.45) is -0.692. The summed E-state index contributed by atoms with van der Waals surface area (Å²) in [7, 11) is 0. The third-order valence-corrected chi connectivity index (χ3v) is 4.27. The van der Waals surface area contributed by atoms with Gasteiger partial charge in [0.2, 0.25) is 0 Å². The van der Waals surface area contributed by atoms with E-state index in [1.165, 1.54) is 0 Å². The first-order valence-corrected chi connectivity index (χ1v) is 9.09. The minimum absolute atomic E-state index is 0.312. The normalized spacial score (nSPS) is 11.4. The Balaban J connectivity index is 1.65. The molecule has 3 aromatic rings. The fraction of sp³-hybridized carbons (Fsp3) is 0.0909. The lowest BCUT2D eigenvalue weighted by molar-refractivity contribution is -0.122. The van der Waals surface area contributed by atoms with Gasteiger partial charge >= 0.3 is 0 Å². The van der Waals surface area contributed by atoms with Gasteiger partial charge in [0.05, 0.1) is 10.7 Å². The van der Waals surface area contributed by atoms with E-state index >= 15 is 0 Å². The third kappa shape index (κ3) is 5.11. The van der Waals surface area contributed by atoms with Gasteiger partial charge in [-0.25, -0.2) is 0 Å². The molecule has 0 fully saturated rings. The predicted molar refractivity (Wildman–Crippen MR) is 111 cm³/mol. The highest BCUT2D eigenvalue weighted by Crippen LogP contribution is 2.22. The van der Waals surface area contributed by atoms with Crippen molar-refractivity contribution in [3.63, 3.8) is 0 Å². The van der Waals surface area contributed by atoms with Crippen LogP contribution in [-0.2, 0) is 4.79 Å². The lowest BCUT2D eigenvalue weighted by atomic mass is 10.1. The van der Waals surface area contributed by atoms with Gasteiger partial charge in [-0.3, -0.25) is 9.59 Å². The molecule has 6 heteroatoms. The molecule has 2 amide bonds. The number of para-hydroxylation sites is 2. The van der Waals surface area contributed by atoms with Gasteiger partial charge in [-0.15, -0.1) is 0 Å². The molecule has 0 aliphatic carbocycles. The maximum absolute atomic E-state index is 12.5. The minimum atomic E-state index is -0.692. The first-order chi connectivity index (χ1) is 13.5. The lowest BCUT2D eigenvalue weighted by Crippen LogP contribution is -2.30. The van der Waals surface area contributed by atoms with E-state index in [2.05, 4.69) is 10.6 Å². The average molecular weight is 395 g/mol. The van der Waals surface area contributed by atoms with Crippen LogP contribution in [-0.4, -0.2) is 17.9 Å². The molecule has 0 aliphatic heterocycles. The Labute approximate surface area is 168 Å². The zero-order valence-corrected chi connectivity index (χ0v) is 15.9. The number of halogens is 1. The number of amides is 2. The van der Waals surface area contributed by atoms with Crippen molar-refractivity contribution in [1.82, 2.24) is 0 Å². The van der Waals surface area contributed by atoms with Crippen molar-refractivity contribution in [2.24, 2.45) is 0 Å². The van der Waals surface area contributed by atoms with E-state index in [1.54, 1.807) is 67.6 Å². The SMILES string of the molecule is CC(Oc1ccccc1)C(=O)Nc1cccc(C(=O)Nc2ccccc2Cl)c1. The maximum Gasteiger partial charge on any atom is 0.265 e. The van der Waals surface area contributed by atoms with Crippen LogP contribution < -0.4 is 15.4 Å². The monoisotopic (exact) mass is 394 g/mol. The molecule has 0 heterocycles. The van der Waals surface area contributed by atoms with Gasteiger partial charge in [0.25, 0.3) is 11.8 Å². The molecule has 5 nitrogen and oxygen atoms in total. The lowest BCUT2D eigenvalue weighted by Gasteiger charge is -2.15. The number of carbonyl (C=O) groups excluding carboxylic acids is 2. The van der Waals surface area contributed by atoms with Crippen LogP contribution >= 0.6 is 11.6 Å². The van der Waals surface area contributed by atoms with Gasteiger partial charge in [0.1, 0.15) is 5.75 Å². The fourth-order valence-electron chi connectivity index (χ4n) is 2.50. The summed E-state index contributed by atoms with van der Waals surface area (Å²) < 4.78 is 5.61. The van der Waals surface area contributed by atoms with Gasteiger partial charge in [-0.2, -0.15) is 0 Å². The number of carbonyl (C=O) groups is 2. The van der Waals surface area contributed by atoms with Crippen molar-refractivity contribution >= 4 is 34.8 Å². The number of benzene rings is 3. The fourth-order valence-corrected chi connectivity index (χ4v) is 2.68.